The molecule has 0 spiro atoms. The second kappa shape index (κ2) is 6.72. The summed E-state index contributed by atoms with van der Waals surface area (Å²) in [5.41, 5.74) is -0.0872. The Hall–Kier alpha value is -1.87. The molecule has 8 nitrogen and oxygen atoms in total. The number of hydrogen-bond donors (Lipinski definition) is 2. The van der Waals surface area contributed by atoms with Crippen LogP contribution in [0, 0.1) is 0 Å². The van der Waals surface area contributed by atoms with Crippen molar-refractivity contribution in [2.75, 3.05) is 20.6 Å². The Kier molecular flexibility index (Phi) is 5.50. The van der Waals surface area contributed by atoms with Gasteiger partial charge in [0, 0.05) is 39.8 Å². The molecule has 0 aromatic carbocycles. The van der Waals surface area contributed by atoms with Gasteiger partial charge in [0.1, 0.15) is 10.6 Å². The van der Waals surface area contributed by atoms with E-state index < -0.39 is 16.0 Å². The van der Waals surface area contributed by atoms with Crippen molar-refractivity contribution in [3.05, 3.63) is 18.0 Å². The van der Waals surface area contributed by atoms with E-state index >= 15 is 0 Å². The molecule has 0 atom stereocenters. The predicted molar refractivity (Wildman–Crippen MR) is 75.6 cm³/mol. The van der Waals surface area contributed by atoms with E-state index in [0.717, 1.165) is 10.4 Å². The summed E-state index contributed by atoms with van der Waals surface area (Å²) >= 11 is 0. The summed E-state index contributed by atoms with van der Waals surface area (Å²) in [7, 11) is -1.00. The van der Waals surface area contributed by atoms with Gasteiger partial charge in [-0.15, -0.1) is 0 Å². The lowest BCUT2D eigenvalue weighted by Gasteiger charge is -2.15. The molecule has 0 aliphatic heterocycles. The number of sulfonamides is 1. The minimum absolute atomic E-state index is 0.0156. The number of rotatable bonds is 7. The predicted octanol–water partition coefficient (Wildman–Crippen LogP) is -0.0372. The fourth-order valence-electron chi connectivity index (χ4n) is 1.75. The van der Waals surface area contributed by atoms with Crippen molar-refractivity contribution < 1.29 is 23.1 Å². The first-order valence-corrected chi connectivity index (χ1v) is 7.78. The first-order chi connectivity index (χ1) is 9.73. The topological polar surface area (TPSA) is 109 Å². The number of aromatic nitrogens is 1. The number of nitrogens with one attached hydrogen (secondary N) is 1. The zero-order valence-electron chi connectivity index (χ0n) is 12.2. The molecule has 1 amide bonds. The molecule has 2 N–H and O–H groups in total. The van der Waals surface area contributed by atoms with E-state index in [0.29, 0.717) is 6.54 Å². The van der Waals surface area contributed by atoms with Crippen LogP contribution in [0.2, 0.25) is 0 Å². The molecular formula is C12H19N3O5S. The second-order valence-corrected chi connectivity index (χ2v) is 6.45. The van der Waals surface area contributed by atoms with Crippen LogP contribution in [-0.2, 0) is 21.4 Å². The Morgan fingerprint density at radius 2 is 2.05 bits per heavy atom. The molecule has 0 radical (unpaired) electrons. The number of aryl methyl sites for hydroxylation is 1. The van der Waals surface area contributed by atoms with Gasteiger partial charge in [0.05, 0.1) is 0 Å². The van der Waals surface area contributed by atoms with E-state index in [4.69, 9.17) is 5.11 Å². The summed E-state index contributed by atoms with van der Waals surface area (Å²) < 4.78 is 27.0. The highest BCUT2D eigenvalue weighted by atomic mass is 32.2. The van der Waals surface area contributed by atoms with Gasteiger partial charge >= 0.3 is 5.97 Å². The molecule has 1 rings (SSSR count). The monoisotopic (exact) mass is 317 g/mol. The Morgan fingerprint density at radius 1 is 1.43 bits per heavy atom. The van der Waals surface area contributed by atoms with Crippen molar-refractivity contribution in [3.8, 4) is 0 Å². The lowest BCUT2D eigenvalue weighted by Crippen LogP contribution is -2.31. The molecule has 0 aliphatic rings. The third-order valence-electron chi connectivity index (χ3n) is 3.07. The van der Waals surface area contributed by atoms with E-state index in [9.17, 15) is 18.0 Å². The van der Waals surface area contributed by atoms with Crippen molar-refractivity contribution >= 4 is 21.9 Å². The quantitative estimate of drug-likeness (QED) is 0.733. The lowest BCUT2D eigenvalue weighted by atomic mass is 10.4. The maximum atomic E-state index is 12.3. The number of nitrogens with zero attached hydrogens (tertiary/aromatic N) is 2. The highest BCUT2D eigenvalue weighted by Gasteiger charge is 2.25. The van der Waals surface area contributed by atoms with Gasteiger partial charge in [-0.25, -0.2) is 17.5 Å². The van der Waals surface area contributed by atoms with Gasteiger partial charge in [-0.2, -0.15) is 0 Å². The standard InChI is InChI=1S/C12H19N3O5S/c1-4-15-8-9(7-10(15)12(17)18)21(19,20)14(3)6-5-11(16)13-2/h7-8H,4-6H2,1-3H3,(H,13,16)(H,17,18). The summed E-state index contributed by atoms with van der Waals surface area (Å²) in [6, 6.07) is 1.12. The van der Waals surface area contributed by atoms with Gasteiger partial charge in [-0.05, 0) is 13.0 Å². The summed E-state index contributed by atoms with van der Waals surface area (Å²) in [6.07, 6.45) is 1.32. The average Bonchev–Trinajstić information content (AvgIpc) is 2.89. The molecule has 0 unspecified atom stereocenters. The third kappa shape index (κ3) is 3.82. The maximum absolute atomic E-state index is 12.3. The SMILES string of the molecule is CCn1cc(S(=O)(=O)N(C)CCC(=O)NC)cc1C(=O)O. The maximum Gasteiger partial charge on any atom is 0.352 e. The van der Waals surface area contributed by atoms with Crippen LogP contribution in [-0.4, -0.2) is 54.9 Å². The highest BCUT2D eigenvalue weighted by Crippen LogP contribution is 2.18. The summed E-state index contributed by atoms with van der Waals surface area (Å²) in [6.45, 7) is 2.08. The van der Waals surface area contributed by atoms with Crippen molar-refractivity contribution in [2.24, 2.45) is 0 Å². The molecule has 118 valence electrons. The molecule has 0 fully saturated rings. The van der Waals surface area contributed by atoms with Gasteiger partial charge in [-0.1, -0.05) is 0 Å². The van der Waals surface area contributed by atoms with Crippen LogP contribution in [0.3, 0.4) is 0 Å². The highest BCUT2D eigenvalue weighted by molar-refractivity contribution is 7.89. The largest absolute Gasteiger partial charge is 0.477 e. The van der Waals surface area contributed by atoms with Crippen LogP contribution >= 0.6 is 0 Å². The Bertz CT molecular complexity index is 635. The number of aromatic carboxylic acids is 1. The Balaban J connectivity index is 3.02. The average molecular weight is 317 g/mol. The number of carbonyl (C=O) groups is 2. The van der Waals surface area contributed by atoms with Crippen LogP contribution in [0.15, 0.2) is 17.2 Å². The molecule has 0 bridgehead atoms. The third-order valence-corrected chi connectivity index (χ3v) is 4.89. The van der Waals surface area contributed by atoms with Gasteiger partial charge < -0.3 is 15.0 Å². The fourth-order valence-corrected chi connectivity index (χ4v) is 2.96. The molecule has 1 heterocycles. The molecule has 21 heavy (non-hydrogen) atoms. The van der Waals surface area contributed by atoms with E-state index in [1.807, 2.05) is 0 Å². The number of amides is 1. The molecular weight excluding hydrogens is 298 g/mol. The number of hydrogen-bond acceptors (Lipinski definition) is 4. The minimum atomic E-state index is -3.82. The van der Waals surface area contributed by atoms with Crippen molar-refractivity contribution in [1.82, 2.24) is 14.2 Å². The first kappa shape index (κ1) is 17.2. The van der Waals surface area contributed by atoms with E-state index in [1.54, 1.807) is 6.92 Å². The summed E-state index contributed by atoms with van der Waals surface area (Å²) in [4.78, 5) is 22.1. The van der Waals surface area contributed by atoms with Crippen LogP contribution in [0.4, 0.5) is 0 Å². The van der Waals surface area contributed by atoms with Crippen LogP contribution in [0.25, 0.3) is 0 Å². The zero-order valence-corrected chi connectivity index (χ0v) is 13.0. The van der Waals surface area contributed by atoms with Crippen LogP contribution in [0.5, 0.6) is 0 Å². The van der Waals surface area contributed by atoms with Crippen molar-refractivity contribution in [3.63, 3.8) is 0 Å². The fraction of sp³-hybridized carbons (Fsp3) is 0.500. The Labute approximate surface area is 123 Å². The number of carboxylic acids is 1. The molecule has 0 saturated carbocycles. The van der Waals surface area contributed by atoms with E-state index in [-0.39, 0.29) is 29.5 Å². The number of carboxylic acid groups (broad SMARTS) is 1. The van der Waals surface area contributed by atoms with Crippen LogP contribution < -0.4 is 5.32 Å². The number of carbonyl (C=O) groups excluding carboxylic acids is 1. The Morgan fingerprint density at radius 3 is 2.48 bits per heavy atom. The first-order valence-electron chi connectivity index (χ1n) is 6.34. The van der Waals surface area contributed by atoms with Gasteiger partial charge in [0.25, 0.3) is 0 Å². The summed E-state index contributed by atoms with van der Waals surface area (Å²) in [5, 5.41) is 11.4. The smallest absolute Gasteiger partial charge is 0.352 e. The minimum Gasteiger partial charge on any atom is -0.477 e. The van der Waals surface area contributed by atoms with Crippen molar-refractivity contribution in [2.45, 2.75) is 24.8 Å². The normalized spacial score (nSPS) is 11.6. The molecule has 1 aromatic heterocycles. The van der Waals surface area contributed by atoms with E-state index in [2.05, 4.69) is 5.32 Å². The van der Waals surface area contributed by atoms with Gasteiger partial charge in [0.15, 0.2) is 0 Å². The van der Waals surface area contributed by atoms with Crippen molar-refractivity contribution in [1.29, 1.82) is 0 Å². The van der Waals surface area contributed by atoms with Gasteiger partial charge in [-0.3, -0.25) is 4.79 Å². The molecule has 9 heteroatoms. The molecule has 0 saturated heterocycles. The van der Waals surface area contributed by atoms with Crippen LogP contribution in [0.1, 0.15) is 23.8 Å². The molecule has 0 aliphatic carbocycles. The summed E-state index contributed by atoms with van der Waals surface area (Å²) in [5.74, 6) is -1.46. The zero-order chi connectivity index (χ0) is 16.2. The lowest BCUT2D eigenvalue weighted by molar-refractivity contribution is -0.120. The van der Waals surface area contributed by atoms with Gasteiger partial charge in [0.2, 0.25) is 15.9 Å². The second-order valence-electron chi connectivity index (χ2n) is 4.40. The van der Waals surface area contributed by atoms with E-state index in [1.165, 1.54) is 24.9 Å². The molecule has 1 aromatic rings.